The Morgan fingerprint density at radius 2 is 2.16 bits per heavy atom. The molecule has 7 heteroatoms. The van der Waals surface area contributed by atoms with E-state index in [1.54, 1.807) is 0 Å². The van der Waals surface area contributed by atoms with Gasteiger partial charge in [0.1, 0.15) is 4.88 Å². The van der Waals surface area contributed by atoms with Crippen LogP contribution in [0.3, 0.4) is 0 Å². The number of hydrogen-bond acceptors (Lipinski definition) is 6. The molecule has 2 heterocycles. The van der Waals surface area contributed by atoms with Gasteiger partial charge in [-0.15, -0.1) is 0 Å². The number of Topliss-reactive ketones (excluding diaryl/α,β-unsaturated/α-hetero) is 1. The number of rotatable bonds is 3. The second-order valence-electron chi connectivity index (χ2n) is 5.07. The van der Waals surface area contributed by atoms with Crippen molar-refractivity contribution in [3.63, 3.8) is 0 Å². The van der Waals surface area contributed by atoms with E-state index >= 15 is 0 Å². The standard InChI is InChI=1S/C12H16N2O4S/c1-7(15)9-8(10(16)17)13-11(19-9)14-4-5-18-12(2,3)6-14/h4-6H2,1-3H3,(H,16,17). The lowest BCUT2D eigenvalue weighted by molar-refractivity contribution is -0.0277. The van der Waals surface area contributed by atoms with Crippen molar-refractivity contribution in [2.75, 3.05) is 24.6 Å². The number of aromatic carboxylic acids is 1. The van der Waals surface area contributed by atoms with E-state index in [0.717, 1.165) is 11.3 Å². The molecule has 1 aromatic heterocycles. The average Bonchev–Trinajstić information content (AvgIpc) is 2.72. The number of hydrogen-bond donors (Lipinski definition) is 1. The van der Waals surface area contributed by atoms with Gasteiger partial charge in [0.2, 0.25) is 0 Å². The monoisotopic (exact) mass is 284 g/mol. The molecule has 1 aliphatic heterocycles. The largest absolute Gasteiger partial charge is 0.476 e. The molecule has 0 unspecified atom stereocenters. The zero-order valence-corrected chi connectivity index (χ0v) is 11.9. The van der Waals surface area contributed by atoms with Gasteiger partial charge in [0.05, 0.1) is 12.2 Å². The average molecular weight is 284 g/mol. The summed E-state index contributed by atoms with van der Waals surface area (Å²) in [5.41, 5.74) is -0.458. The maximum absolute atomic E-state index is 11.5. The third-order valence-electron chi connectivity index (χ3n) is 2.83. The zero-order valence-electron chi connectivity index (χ0n) is 11.1. The lowest BCUT2D eigenvalue weighted by atomic mass is 10.1. The van der Waals surface area contributed by atoms with Gasteiger partial charge in [-0.3, -0.25) is 4.79 Å². The lowest BCUT2D eigenvalue weighted by Crippen LogP contribution is -2.48. The molecule has 0 saturated carbocycles. The van der Waals surface area contributed by atoms with E-state index in [4.69, 9.17) is 9.84 Å². The van der Waals surface area contributed by atoms with Gasteiger partial charge in [-0.2, -0.15) is 0 Å². The van der Waals surface area contributed by atoms with Crippen LogP contribution in [-0.4, -0.2) is 47.1 Å². The van der Waals surface area contributed by atoms with Gasteiger partial charge in [0.25, 0.3) is 0 Å². The SMILES string of the molecule is CC(=O)c1sc(N2CCOC(C)(C)C2)nc1C(=O)O. The third-order valence-corrected chi connectivity index (χ3v) is 4.05. The van der Waals surface area contributed by atoms with E-state index in [2.05, 4.69) is 4.98 Å². The summed E-state index contributed by atoms with van der Waals surface area (Å²) in [7, 11) is 0. The number of carbonyl (C=O) groups excluding carboxylic acids is 1. The minimum Gasteiger partial charge on any atom is -0.476 e. The number of thiazole rings is 1. The fraction of sp³-hybridized carbons (Fsp3) is 0.583. The smallest absolute Gasteiger partial charge is 0.356 e. The van der Waals surface area contributed by atoms with Gasteiger partial charge in [0.15, 0.2) is 16.6 Å². The summed E-state index contributed by atoms with van der Waals surface area (Å²) in [6.45, 7) is 7.12. The van der Waals surface area contributed by atoms with Gasteiger partial charge in [-0.05, 0) is 13.8 Å². The number of anilines is 1. The quantitative estimate of drug-likeness (QED) is 0.850. The van der Waals surface area contributed by atoms with E-state index in [1.165, 1.54) is 6.92 Å². The van der Waals surface area contributed by atoms with Crippen LogP contribution in [0, 0.1) is 0 Å². The van der Waals surface area contributed by atoms with E-state index in [1.807, 2.05) is 18.7 Å². The van der Waals surface area contributed by atoms with Crippen LogP contribution in [0.4, 0.5) is 5.13 Å². The van der Waals surface area contributed by atoms with Gasteiger partial charge in [0, 0.05) is 20.0 Å². The summed E-state index contributed by atoms with van der Waals surface area (Å²) in [6.07, 6.45) is 0. The summed E-state index contributed by atoms with van der Waals surface area (Å²) in [5.74, 6) is -1.44. The minimum atomic E-state index is -1.17. The van der Waals surface area contributed by atoms with Crippen molar-refractivity contribution in [2.45, 2.75) is 26.4 Å². The summed E-state index contributed by atoms with van der Waals surface area (Å²) < 4.78 is 5.60. The first-order chi connectivity index (χ1) is 8.80. The number of nitrogens with zero attached hydrogens (tertiary/aromatic N) is 2. The van der Waals surface area contributed by atoms with Gasteiger partial charge in [-0.25, -0.2) is 9.78 Å². The number of ketones is 1. The maximum atomic E-state index is 11.5. The number of carbonyl (C=O) groups is 2. The Morgan fingerprint density at radius 3 is 2.63 bits per heavy atom. The molecule has 0 spiro atoms. The number of aromatic nitrogens is 1. The molecule has 1 saturated heterocycles. The van der Waals surface area contributed by atoms with Crippen LogP contribution in [0.15, 0.2) is 0 Å². The van der Waals surface area contributed by atoms with E-state index in [0.29, 0.717) is 24.8 Å². The second-order valence-corrected chi connectivity index (χ2v) is 6.04. The maximum Gasteiger partial charge on any atom is 0.356 e. The van der Waals surface area contributed by atoms with Crippen LogP contribution in [-0.2, 0) is 4.74 Å². The highest BCUT2D eigenvalue weighted by molar-refractivity contribution is 7.17. The molecule has 1 aromatic rings. The number of ether oxygens (including phenoxy) is 1. The zero-order chi connectivity index (χ0) is 14.2. The summed E-state index contributed by atoms with van der Waals surface area (Å²) in [4.78, 5) is 28.8. The Kier molecular flexibility index (Phi) is 3.60. The molecule has 0 radical (unpaired) electrons. The van der Waals surface area contributed by atoms with Gasteiger partial charge >= 0.3 is 5.97 Å². The van der Waals surface area contributed by atoms with E-state index < -0.39 is 5.97 Å². The van der Waals surface area contributed by atoms with Crippen LogP contribution in [0.2, 0.25) is 0 Å². The Balaban J connectivity index is 2.33. The Hall–Kier alpha value is -1.47. The predicted octanol–water partition coefficient (Wildman–Crippen LogP) is 1.66. The third kappa shape index (κ3) is 2.93. The van der Waals surface area contributed by atoms with Crippen LogP contribution >= 0.6 is 11.3 Å². The molecule has 0 aliphatic carbocycles. The molecule has 104 valence electrons. The number of morpholine rings is 1. The molecule has 6 nitrogen and oxygen atoms in total. The Bertz CT molecular complexity index is 492. The lowest BCUT2D eigenvalue weighted by Gasteiger charge is -2.37. The predicted molar refractivity (Wildman–Crippen MR) is 71.3 cm³/mol. The first-order valence-corrected chi connectivity index (χ1v) is 6.76. The second kappa shape index (κ2) is 4.90. The highest BCUT2D eigenvalue weighted by Gasteiger charge is 2.30. The first kappa shape index (κ1) is 14.0. The highest BCUT2D eigenvalue weighted by Crippen LogP contribution is 2.30. The van der Waals surface area contributed by atoms with Crippen molar-refractivity contribution in [1.29, 1.82) is 0 Å². The summed E-state index contributed by atoms with van der Waals surface area (Å²) in [6, 6.07) is 0. The number of carboxylic acids is 1. The van der Waals surface area contributed by atoms with Crippen molar-refractivity contribution in [1.82, 2.24) is 4.98 Å². The molecule has 0 aromatic carbocycles. The molecule has 1 aliphatic rings. The van der Waals surface area contributed by atoms with Crippen LogP contribution < -0.4 is 4.90 Å². The van der Waals surface area contributed by atoms with Crippen LogP contribution in [0.5, 0.6) is 0 Å². The molecule has 1 N–H and O–H groups in total. The fourth-order valence-corrected chi connectivity index (χ4v) is 2.99. The molecule has 1 fully saturated rings. The molecular weight excluding hydrogens is 268 g/mol. The Morgan fingerprint density at radius 1 is 1.47 bits per heavy atom. The van der Waals surface area contributed by atoms with E-state index in [-0.39, 0.29) is 22.0 Å². The molecule has 0 atom stereocenters. The molecule has 19 heavy (non-hydrogen) atoms. The Labute approximate surface area is 115 Å². The number of carboxylic acid groups (broad SMARTS) is 1. The van der Waals surface area contributed by atoms with E-state index in [9.17, 15) is 9.59 Å². The fourth-order valence-electron chi connectivity index (χ4n) is 2.01. The molecule has 0 amide bonds. The van der Waals surface area contributed by atoms with Crippen LogP contribution in [0.25, 0.3) is 0 Å². The molecule has 0 bridgehead atoms. The van der Waals surface area contributed by atoms with Crippen molar-refractivity contribution in [2.24, 2.45) is 0 Å². The van der Waals surface area contributed by atoms with Gasteiger partial charge < -0.3 is 14.7 Å². The van der Waals surface area contributed by atoms with Crippen molar-refractivity contribution in [3.8, 4) is 0 Å². The normalized spacial score (nSPS) is 18.4. The van der Waals surface area contributed by atoms with Crippen molar-refractivity contribution < 1.29 is 19.4 Å². The highest BCUT2D eigenvalue weighted by atomic mass is 32.1. The first-order valence-electron chi connectivity index (χ1n) is 5.94. The minimum absolute atomic E-state index is 0.156. The van der Waals surface area contributed by atoms with Gasteiger partial charge in [-0.1, -0.05) is 11.3 Å². The topological polar surface area (TPSA) is 79.7 Å². The van der Waals surface area contributed by atoms with Crippen molar-refractivity contribution >= 4 is 28.2 Å². The molecular formula is C12H16N2O4S. The van der Waals surface area contributed by atoms with Crippen molar-refractivity contribution in [3.05, 3.63) is 10.6 Å². The summed E-state index contributed by atoms with van der Waals surface area (Å²) >= 11 is 1.13. The summed E-state index contributed by atoms with van der Waals surface area (Å²) in [5, 5.41) is 9.65. The van der Waals surface area contributed by atoms with Crippen LogP contribution in [0.1, 0.15) is 40.9 Å². The molecule has 2 rings (SSSR count).